The third kappa shape index (κ3) is 6.44. The number of alkyl halides is 3. The average molecular weight is 550 g/mol. The number of ether oxygens (including phenoxy) is 1. The summed E-state index contributed by atoms with van der Waals surface area (Å²) in [5.74, 6) is -0.282. The molecule has 0 bridgehead atoms. The van der Waals surface area contributed by atoms with Crippen LogP contribution in [-0.4, -0.2) is 49.8 Å². The SMILES string of the molecule is CS(=O)(=O)N(C[C@@H](C(=O)NO)N1CCc2ccccc2C1)c1ccc(Oc2ccc(C(F)(F)F)cc2)cc1. The van der Waals surface area contributed by atoms with Crippen LogP contribution in [0.4, 0.5) is 18.9 Å². The number of sulfonamides is 1. The Morgan fingerprint density at radius 2 is 1.61 bits per heavy atom. The molecule has 12 heteroatoms. The van der Waals surface area contributed by atoms with Crippen molar-refractivity contribution in [2.24, 2.45) is 0 Å². The highest BCUT2D eigenvalue weighted by molar-refractivity contribution is 7.92. The molecular weight excluding hydrogens is 523 g/mol. The number of hydrogen-bond acceptors (Lipinski definition) is 6. The van der Waals surface area contributed by atoms with Crippen LogP contribution < -0.4 is 14.5 Å². The number of benzene rings is 3. The van der Waals surface area contributed by atoms with E-state index in [1.165, 1.54) is 36.4 Å². The Morgan fingerprint density at radius 3 is 2.16 bits per heavy atom. The number of anilines is 1. The van der Waals surface area contributed by atoms with Crippen molar-refractivity contribution in [2.45, 2.75) is 25.2 Å². The molecule has 2 N–H and O–H groups in total. The van der Waals surface area contributed by atoms with Crippen LogP contribution in [-0.2, 0) is 34.0 Å². The maximum atomic E-state index is 12.8. The lowest BCUT2D eigenvalue weighted by molar-refractivity contribution is -0.137. The number of rotatable bonds is 8. The number of carbonyl (C=O) groups is 1. The van der Waals surface area contributed by atoms with E-state index in [4.69, 9.17) is 4.74 Å². The minimum Gasteiger partial charge on any atom is -0.457 e. The lowest BCUT2D eigenvalue weighted by atomic mass is 9.98. The Bertz CT molecular complexity index is 1380. The Kier molecular flexibility index (Phi) is 7.95. The summed E-state index contributed by atoms with van der Waals surface area (Å²) in [4.78, 5) is 14.5. The number of nitrogens with zero attached hydrogens (tertiary/aromatic N) is 2. The van der Waals surface area contributed by atoms with Crippen molar-refractivity contribution in [3.8, 4) is 11.5 Å². The predicted octanol–water partition coefficient (Wildman–Crippen LogP) is 4.20. The van der Waals surface area contributed by atoms with E-state index in [-0.39, 0.29) is 23.7 Å². The Hall–Kier alpha value is -3.61. The van der Waals surface area contributed by atoms with Gasteiger partial charge in [0.1, 0.15) is 17.5 Å². The van der Waals surface area contributed by atoms with E-state index < -0.39 is 33.7 Å². The van der Waals surface area contributed by atoms with Crippen molar-refractivity contribution in [1.82, 2.24) is 10.4 Å². The van der Waals surface area contributed by atoms with Crippen molar-refractivity contribution in [3.63, 3.8) is 0 Å². The Labute approximate surface area is 218 Å². The van der Waals surface area contributed by atoms with Crippen molar-refractivity contribution in [1.29, 1.82) is 0 Å². The molecule has 0 radical (unpaired) electrons. The molecule has 3 aromatic carbocycles. The molecular formula is C26H26F3N3O5S. The molecule has 0 saturated heterocycles. The van der Waals surface area contributed by atoms with Gasteiger partial charge in [-0.05, 0) is 66.1 Å². The molecule has 1 heterocycles. The lowest BCUT2D eigenvalue weighted by Gasteiger charge is -2.36. The fraction of sp³-hybridized carbons (Fsp3) is 0.269. The van der Waals surface area contributed by atoms with Gasteiger partial charge in [0.2, 0.25) is 10.0 Å². The van der Waals surface area contributed by atoms with E-state index in [2.05, 4.69) is 0 Å². The predicted molar refractivity (Wildman–Crippen MR) is 134 cm³/mol. The molecule has 1 atom stereocenters. The third-order valence-corrected chi connectivity index (χ3v) is 7.46. The number of halogens is 3. The number of hydrogen-bond donors (Lipinski definition) is 2. The van der Waals surface area contributed by atoms with Gasteiger partial charge in [-0.25, -0.2) is 13.9 Å². The largest absolute Gasteiger partial charge is 0.457 e. The maximum Gasteiger partial charge on any atom is 0.416 e. The zero-order valence-corrected chi connectivity index (χ0v) is 21.2. The number of amides is 1. The van der Waals surface area contributed by atoms with E-state index in [0.717, 1.165) is 33.8 Å². The first kappa shape index (κ1) is 27.4. The highest BCUT2D eigenvalue weighted by atomic mass is 32.2. The second kappa shape index (κ2) is 11.0. The zero-order valence-electron chi connectivity index (χ0n) is 20.4. The number of fused-ring (bicyclic) bond motifs is 1. The van der Waals surface area contributed by atoms with Crippen LogP contribution in [0.25, 0.3) is 0 Å². The van der Waals surface area contributed by atoms with Crippen LogP contribution in [0.2, 0.25) is 0 Å². The van der Waals surface area contributed by atoms with Gasteiger partial charge < -0.3 is 4.74 Å². The molecule has 0 fully saturated rings. The quantitative estimate of drug-likeness (QED) is 0.323. The molecule has 0 aliphatic carbocycles. The zero-order chi connectivity index (χ0) is 27.5. The van der Waals surface area contributed by atoms with Crippen LogP contribution in [0, 0.1) is 0 Å². The van der Waals surface area contributed by atoms with Crippen LogP contribution in [0.15, 0.2) is 72.8 Å². The molecule has 0 spiro atoms. The van der Waals surface area contributed by atoms with Crippen molar-refractivity contribution < 1.29 is 36.3 Å². The lowest BCUT2D eigenvalue weighted by Crippen LogP contribution is -2.54. The highest BCUT2D eigenvalue weighted by Gasteiger charge is 2.33. The maximum absolute atomic E-state index is 12.8. The Balaban J connectivity index is 1.53. The van der Waals surface area contributed by atoms with Crippen molar-refractivity contribution >= 4 is 21.6 Å². The summed E-state index contributed by atoms with van der Waals surface area (Å²) in [5.41, 5.74) is 3.27. The van der Waals surface area contributed by atoms with Gasteiger partial charge in [0.05, 0.1) is 24.1 Å². The van der Waals surface area contributed by atoms with E-state index in [0.29, 0.717) is 19.5 Å². The molecule has 0 aromatic heterocycles. The summed E-state index contributed by atoms with van der Waals surface area (Å²) in [5, 5.41) is 9.38. The monoisotopic (exact) mass is 549 g/mol. The standard InChI is InChI=1S/C26H26F3N3O5S/c1-38(35,36)32(17-24(25(33)30-34)31-15-14-18-4-2-3-5-19(18)16-31)21-8-12-23(13-9-21)37-22-10-6-20(7-11-22)26(27,28)29/h2-13,24,34H,14-17H2,1H3,(H,30,33)/t24-/m0/s1. The topological polar surface area (TPSA) is 99.2 Å². The summed E-state index contributed by atoms with van der Waals surface area (Å²) in [6, 6.07) is 16.9. The second-order valence-corrected chi connectivity index (χ2v) is 10.8. The molecule has 1 amide bonds. The first-order valence-electron chi connectivity index (χ1n) is 11.6. The molecule has 0 saturated carbocycles. The van der Waals surface area contributed by atoms with E-state index in [9.17, 15) is 31.6 Å². The first-order valence-corrected chi connectivity index (χ1v) is 13.5. The Morgan fingerprint density at radius 1 is 1.03 bits per heavy atom. The number of hydroxylamine groups is 1. The van der Waals surface area contributed by atoms with Gasteiger partial charge in [-0.3, -0.25) is 19.2 Å². The minimum absolute atomic E-state index is 0.177. The van der Waals surface area contributed by atoms with E-state index in [1.54, 1.807) is 5.48 Å². The van der Waals surface area contributed by atoms with Gasteiger partial charge in [0, 0.05) is 13.1 Å². The van der Waals surface area contributed by atoms with Crippen molar-refractivity contribution in [3.05, 3.63) is 89.5 Å². The molecule has 38 heavy (non-hydrogen) atoms. The molecule has 4 rings (SSSR count). The third-order valence-electron chi connectivity index (χ3n) is 6.29. The van der Waals surface area contributed by atoms with Gasteiger partial charge in [-0.1, -0.05) is 24.3 Å². The highest BCUT2D eigenvalue weighted by Crippen LogP contribution is 2.32. The second-order valence-electron chi connectivity index (χ2n) is 8.89. The van der Waals surface area contributed by atoms with E-state index >= 15 is 0 Å². The summed E-state index contributed by atoms with van der Waals surface area (Å²) >= 11 is 0. The molecule has 1 aliphatic rings. The fourth-order valence-corrected chi connectivity index (χ4v) is 5.26. The molecule has 202 valence electrons. The van der Waals surface area contributed by atoms with Crippen LogP contribution in [0.5, 0.6) is 11.5 Å². The summed E-state index contributed by atoms with van der Waals surface area (Å²) in [6.07, 6.45) is -2.78. The van der Waals surface area contributed by atoms with Gasteiger partial charge in [-0.15, -0.1) is 0 Å². The first-order chi connectivity index (χ1) is 18.0. The van der Waals surface area contributed by atoms with Crippen molar-refractivity contribution in [2.75, 3.05) is 23.7 Å². The summed E-state index contributed by atoms with van der Waals surface area (Å²) < 4.78 is 70.5. The minimum atomic E-state index is -4.46. The molecule has 8 nitrogen and oxygen atoms in total. The molecule has 3 aromatic rings. The number of nitrogens with one attached hydrogen (secondary N) is 1. The van der Waals surface area contributed by atoms with Crippen LogP contribution in [0.1, 0.15) is 16.7 Å². The van der Waals surface area contributed by atoms with E-state index in [1.807, 2.05) is 29.2 Å². The molecule has 0 unspecified atom stereocenters. The van der Waals surface area contributed by atoms with Crippen LogP contribution >= 0.6 is 0 Å². The van der Waals surface area contributed by atoms with Gasteiger partial charge >= 0.3 is 6.18 Å². The van der Waals surface area contributed by atoms with Crippen LogP contribution in [0.3, 0.4) is 0 Å². The number of carbonyl (C=O) groups excluding carboxylic acids is 1. The summed E-state index contributed by atoms with van der Waals surface area (Å²) in [7, 11) is -3.85. The molecule has 1 aliphatic heterocycles. The van der Waals surface area contributed by atoms with Gasteiger partial charge in [0.15, 0.2) is 0 Å². The normalized spacial score (nSPS) is 14.9. The summed E-state index contributed by atoms with van der Waals surface area (Å²) in [6.45, 7) is 0.644. The smallest absolute Gasteiger partial charge is 0.416 e. The fourth-order valence-electron chi connectivity index (χ4n) is 4.34. The average Bonchev–Trinajstić information content (AvgIpc) is 2.88. The van der Waals surface area contributed by atoms with Gasteiger partial charge in [-0.2, -0.15) is 13.2 Å². The van der Waals surface area contributed by atoms with Gasteiger partial charge in [0.25, 0.3) is 5.91 Å².